The number of halogens is 1. The van der Waals surface area contributed by atoms with Gasteiger partial charge in [0.25, 0.3) is 0 Å². The summed E-state index contributed by atoms with van der Waals surface area (Å²) in [5.74, 6) is 1.55. The SMILES string of the molecule is CCCN(CCC)c1ccnc(Nc2ccc(C)c(Cl)c2)n1. The van der Waals surface area contributed by atoms with Crippen molar-refractivity contribution in [1.82, 2.24) is 9.97 Å². The molecular formula is C17H23ClN4. The maximum absolute atomic E-state index is 6.16. The molecule has 118 valence electrons. The van der Waals surface area contributed by atoms with Crippen molar-refractivity contribution in [2.45, 2.75) is 33.6 Å². The van der Waals surface area contributed by atoms with E-state index in [-0.39, 0.29) is 0 Å². The Hall–Kier alpha value is -1.81. The van der Waals surface area contributed by atoms with Gasteiger partial charge in [0.15, 0.2) is 0 Å². The number of aromatic nitrogens is 2. The minimum absolute atomic E-state index is 0.592. The van der Waals surface area contributed by atoms with Gasteiger partial charge in [0.05, 0.1) is 0 Å². The topological polar surface area (TPSA) is 41.1 Å². The Kier molecular flexibility index (Phi) is 6.01. The Bertz CT molecular complexity index is 609. The molecule has 22 heavy (non-hydrogen) atoms. The van der Waals surface area contributed by atoms with Gasteiger partial charge in [0, 0.05) is 30.0 Å². The molecule has 0 atom stereocenters. The molecule has 0 aliphatic carbocycles. The largest absolute Gasteiger partial charge is 0.356 e. The molecule has 4 nitrogen and oxygen atoms in total. The van der Waals surface area contributed by atoms with Crippen LogP contribution in [0.2, 0.25) is 5.02 Å². The van der Waals surface area contributed by atoms with Crippen molar-refractivity contribution in [2.75, 3.05) is 23.3 Å². The second-order valence-electron chi connectivity index (χ2n) is 5.31. The fraction of sp³-hybridized carbons (Fsp3) is 0.412. The van der Waals surface area contributed by atoms with E-state index in [1.807, 2.05) is 31.2 Å². The highest BCUT2D eigenvalue weighted by molar-refractivity contribution is 6.31. The average Bonchev–Trinajstić information content (AvgIpc) is 2.51. The molecule has 5 heteroatoms. The van der Waals surface area contributed by atoms with Crippen LogP contribution in [-0.4, -0.2) is 23.1 Å². The van der Waals surface area contributed by atoms with Crippen molar-refractivity contribution in [3.63, 3.8) is 0 Å². The van der Waals surface area contributed by atoms with E-state index in [0.29, 0.717) is 5.95 Å². The van der Waals surface area contributed by atoms with Gasteiger partial charge < -0.3 is 10.2 Å². The van der Waals surface area contributed by atoms with Crippen molar-refractivity contribution in [1.29, 1.82) is 0 Å². The summed E-state index contributed by atoms with van der Waals surface area (Å²) < 4.78 is 0. The normalized spacial score (nSPS) is 10.5. The molecule has 0 saturated carbocycles. The average molecular weight is 319 g/mol. The van der Waals surface area contributed by atoms with Gasteiger partial charge in [0.2, 0.25) is 5.95 Å². The number of nitrogens with one attached hydrogen (secondary N) is 1. The van der Waals surface area contributed by atoms with Gasteiger partial charge in [-0.3, -0.25) is 0 Å². The standard InChI is InChI=1S/C17H23ClN4/c1-4-10-22(11-5-2)16-8-9-19-17(21-16)20-14-7-6-13(3)15(18)12-14/h6-9,12H,4-5,10-11H2,1-3H3,(H,19,20,21). The lowest BCUT2D eigenvalue weighted by atomic mass is 10.2. The van der Waals surface area contributed by atoms with Crippen LogP contribution < -0.4 is 10.2 Å². The lowest BCUT2D eigenvalue weighted by Gasteiger charge is -2.22. The highest BCUT2D eigenvalue weighted by atomic mass is 35.5. The third kappa shape index (κ3) is 4.34. The third-order valence-electron chi connectivity index (χ3n) is 3.38. The number of anilines is 3. The van der Waals surface area contributed by atoms with Crippen LogP contribution in [0.4, 0.5) is 17.5 Å². The Morgan fingerprint density at radius 2 is 1.86 bits per heavy atom. The Morgan fingerprint density at radius 1 is 1.14 bits per heavy atom. The van der Waals surface area contributed by atoms with E-state index in [4.69, 9.17) is 11.6 Å². The van der Waals surface area contributed by atoms with E-state index in [9.17, 15) is 0 Å². The summed E-state index contributed by atoms with van der Waals surface area (Å²) in [5, 5.41) is 3.95. The quantitative estimate of drug-likeness (QED) is 0.795. The number of hydrogen-bond donors (Lipinski definition) is 1. The number of rotatable bonds is 7. The first-order chi connectivity index (χ1) is 10.6. The molecule has 0 saturated heterocycles. The van der Waals surface area contributed by atoms with E-state index in [1.165, 1.54) is 0 Å². The van der Waals surface area contributed by atoms with Crippen LogP contribution in [0.1, 0.15) is 32.3 Å². The molecule has 0 amide bonds. The van der Waals surface area contributed by atoms with Gasteiger partial charge in [0.1, 0.15) is 5.82 Å². The number of benzene rings is 1. The maximum Gasteiger partial charge on any atom is 0.229 e. The Balaban J connectivity index is 2.18. The lowest BCUT2D eigenvalue weighted by molar-refractivity contribution is 0.733. The molecule has 1 heterocycles. The van der Waals surface area contributed by atoms with Crippen molar-refractivity contribution >= 4 is 29.1 Å². The third-order valence-corrected chi connectivity index (χ3v) is 3.79. The molecule has 0 fully saturated rings. The first-order valence-electron chi connectivity index (χ1n) is 7.75. The zero-order chi connectivity index (χ0) is 15.9. The molecule has 2 aromatic rings. The minimum atomic E-state index is 0.592. The summed E-state index contributed by atoms with van der Waals surface area (Å²) in [6, 6.07) is 7.81. The van der Waals surface area contributed by atoms with E-state index in [2.05, 4.69) is 34.0 Å². The van der Waals surface area contributed by atoms with Crippen LogP contribution in [-0.2, 0) is 0 Å². The van der Waals surface area contributed by atoms with Crippen LogP contribution in [0, 0.1) is 6.92 Å². The molecule has 0 aliphatic heterocycles. The van der Waals surface area contributed by atoms with Crippen molar-refractivity contribution in [3.8, 4) is 0 Å². The summed E-state index contributed by atoms with van der Waals surface area (Å²) in [5.41, 5.74) is 1.95. The molecule has 0 spiro atoms. The summed E-state index contributed by atoms with van der Waals surface area (Å²) >= 11 is 6.16. The van der Waals surface area contributed by atoms with E-state index >= 15 is 0 Å². The van der Waals surface area contributed by atoms with Gasteiger partial charge in [-0.2, -0.15) is 4.98 Å². The van der Waals surface area contributed by atoms with Crippen LogP contribution in [0.25, 0.3) is 0 Å². The van der Waals surface area contributed by atoms with Gasteiger partial charge in [-0.25, -0.2) is 4.98 Å². The van der Waals surface area contributed by atoms with Gasteiger partial charge in [-0.1, -0.05) is 31.5 Å². The maximum atomic E-state index is 6.16. The summed E-state index contributed by atoms with van der Waals surface area (Å²) in [7, 11) is 0. The van der Waals surface area contributed by atoms with Crippen LogP contribution in [0.5, 0.6) is 0 Å². The monoisotopic (exact) mass is 318 g/mol. The predicted molar refractivity (Wildman–Crippen MR) is 94.3 cm³/mol. The summed E-state index contributed by atoms with van der Waals surface area (Å²) in [6.45, 7) is 8.34. The van der Waals surface area contributed by atoms with E-state index in [1.54, 1.807) is 6.20 Å². The van der Waals surface area contributed by atoms with E-state index in [0.717, 1.165) is 48.0 Å². The van der Waals surface area contributed by atoms with Gasteiger partial charge in [-0.15, -0.1) is 0 Å². The Morgan fingerprint density at radius 3 is 2.50 bits per heavy atom. The molecule has 0 bridgehead atoms. The molecule has 1 N–H and O–H groups in total. The van der Waals surface area contributed by atoms with Crippen molar-refractivity contribution in [2.24, 2.45) is 0 Å². The highest BCUT2D eigenvalue weighted by Crippen LogP contribution is 2.22. The van der Waals surface area contributed by atoms with Gasteiger partial charge in [-0.05, 0) is 43.5 Å². The van der Waals surface area contributed by atoms with Crippen LogP contribution in [0.3, 0.4) is 0 Å². The number of hydrogen-bond acceptors (Lipinski definition) is 4. The molecule has 1 aromatic heterocycles. The predicted octanol–water partition coefficient (Wildman–Crippen LogP) is 4.81. The minimum Gasteiger partial charge on any atom is -0.356 e. The fourth-order valence-electron chi connectivity index (χ4n) is 2.27. The molecule has 2 rings (SSSR count). The number of aryl methyl sites for hydroxylation is 1. The first kappa shape index (κ1) is 16.6. The molecular weight excluding hydrogens is 296 g/mol. The van der Waals surface area contributed by atoms with Crippen molar-refractivity contribution < 1.29 is 0 Å². The van der Waals surface area contributed by atoms with Crippen LogP contribution in [0.15, 0.2) is 30.5 Å². The molecule has 0 unspecified atom stereocenters. The van der Waals surface area contributed by atoms with Crippen molar-refractivity contribution in [3.05, 3.63) is 41.0 Å². The molecule has 0 aliphatic rings. The second-order valence-corrected chi connectivity index (χ2v) is 5.72. The van der Waals surface area contributed by atoms with Gasteiger partial charge >= 0.3 is 0 Å². The summed E-state index contributed by atoms with van der Waals surface area (Å²) in [6.07, 6.45) is 3.99. The fourth-order valence-corrected chi connectivity index (χ4v) is 2.45. The van der Waals surface area contributed by atoms with E-state index < -0.39 is 0 Å². The first-order valence-corrected chi connectivity index (χ1v) is 8.13. The van der Waals surface area contributed by atoms with Crippen LogP contribution >= 0.6 is 11.6 Å². The highest BCUT2D eigenvalue weighted by Gasteiger charge is 2.08. The Labute approximate surface area is 137 Å². The second kappa shape index (κ2) is 7.99. The molecule has 1 aromatic carbocycles. The summed E-state index contributed by atoms with van der Waals surface area (Å²) in [4.78, 5) is 11.2. The lowest BCUT2D eigenvalue weighted by Crippen LogP contribution is -2.26. The number of nitrogens with zero attached hydrogens (tertiary/aromatic N) is 3. The molecule has 0 radical (unpaired) electrons. The smallest absolute Gasteiger partial charge is 0.229 e. The zero-order valence-corrected chi connectivity index (χ0v) is 14.2. The zero-order valence-electron chi connectivity index (χ0n) is 13.4.